The number of nitrogens with zero attached hydrogens (tertiary/aromatic N) is 7. The highest BCUT2D eigenvalue weighted by molar-refractivity contribution is 5.69. The molecule has 0 spiro atoms. The van der Waals surface area contributed by atoms with Crippen molar-refractivity contribution in [3.8, 4) is 6.07 Å². The second kappa shape index (κ2) is 10.1. The monoisotopic (exact) mass is 483 g/mol. The highest BCUT2D eigenvalue weighted by atomic mass is 19.3. The second-order valence-corrected chi connectivity index (χ2v) is 9.09. The molecule has 8 nitrogen and oxygen atoms in total. The van der Waals surface area contributed by atoms with E-state index in [0.717, 1.165) is 30.6 Å². The minimum Gasteiger partial charge on any atom is -0.362 e. The minimum absolute atomic E-state index is 0.00712. The molecule has 0 aliphatic carbocycles. The number of aromatic nitrogens is 4. The summed E-state index contributed by atoms with van der Waals surface area (Å²) in [7, 11) is 1.69. The Hall–Kier alpha value is -3.32. The maximum atomic E-state index is 13.0. The zero-order valence-electron chi connectivity index (χ0n) is 20.5. The normalized spacial score (nSPS) is 19.9. The molecule has 0 amide bonds. The van der Waals surface area contributed by atoms with Crippen LogP contribution in [0.4, 0.5) is 14.5 Å². The predicted octanol–water partition coefficient (Wildman–Crippen LogP) is 3.87. The molecule has 3 aromatic rings. The van der Waals surface area contributed by atoms with Crippen molar-refractivity contribution in [1.82, 2.24) is 24.1 Å². The van der Waals surface area contributed by atoms with E-state index in [2.05, 4.69) is 46.6 Å². The van der Waals surface area contributed by atoms with Gasteiger partial charge in [0.25, 0.3) is 12.0 Å². The van der Waals surface area contributed by atoms with Crippen molar-refractivity contribution in [1.29, 1.82) is 5.26 Å². The van der Waals surface area contributed by atoms with Crippen molar-refractivity contribution >= 4 is 11.3 Å². The molecule has 10 heteroatoms. The van der Waals surface area contributed by atoms with Crippen LogP contribution in [-0.2, 0) is 13.5 Å². The van der Waals surface area contributed by atoms with E-state index in [0.29, 0.717) is 17.9 Å². The van der Waals surface area contributed by atoms with Gasteiger partial charge in [0.05, 0.1) is 30.1 Å². The number of hydrogen-bond acceptors (Lipinski definition) is 6. The zero-order chi connectivity index (χ0) is 25.3. The lowest BCUT2D eigenvalue weighted by Gasteiger charge is -2.49. The average molecular weight is 484 g/mol. The van der Waals surface area contributed by atoms with Crippen LogP contribution in [0.5, 0.6) is 0 Å². The van der Waals surface area contributed by atoms with Crippen LogP contribution in [0.15, 0.2) is 35.4 Å². The van der Waals surface area contributed by atoms with Crippen LogP contribution in [0.3, 0.4) is 0 Å². The van der Waals surface area contributed by atoms with Crippen molar-refractivity contribution < 1.29 is 8.78 Å². The summed E-state index contributed by atoms with van der Waals surface area (Å²) in [6.07, 6.45) is 2.63. The zero-order valence-corrected chi connectivity index (χ0v) is 20.5. The van der Waals surface area contributed by atoms with E-state index in [1.54, 1.807) is 36.1 Å². The van der Waals surface area contributed by atoms with Gasteiger partial charge in [-0.25, -0.2) is 23.0 Å². The molecule has 1 fully saturated rings. The molecule has 4 heterocycles. The number of alkyl halides is 2. The van der Waals surface area contributed by atoms with E-state index in [9.17, 15) is 13.6 Å². The van der Waals surface area contributed by atoms with Gasteiger partial charge in [0, 0.05) is 50.5 Å². The lowest BCUT2D eigenvalue weighted by molar-refractivity contribution is 0.101. The summed E-state index contributed by atoms with van der Waals surface area (Å²) in [6, 6.07) is 7.22. The van der Waals surface area contributed by atoms with Gasteiger partial charge in [-0.15, -0.1) is 0 Å². The van der Waals surface area contributed by atoms with E-state index in [1.165, 1.54) is 10.7 Å². The van der Waals surface area contributed by atoms with Gasteiger partial charge >= 0.3 is 0 Å². The number of hydrogen-bond donors (Lipinski definition) is 0. The fourth-order valence-corrected chi connectivity index (χ4v) is 5.02. The van der Waals surface area contributed by atoms with Crippen LogP contribution in [0.25, 0.3) is 5.65 Å². The molecule has 0 aromatic carbocycles. The largest absolute Gasteiger partial charge is 0.362 e. The van der Waals surface area contributed by atoms with E-state index in [4.69, 9.17) is 5.26 Å². The van der Waals surface area contributed by atoms with Crippen LogP contribution < -0.4 is 10.5 Å². The number of piperazine rings is 1. The van der Waals surface area contributed by atoms with E-state index >= 15 is 0 Å². The topological polar surface area (TPSA) is 82.5 Å². The summed E-state index contributed by atoms with van der Waals surface area (Å²) in [5.74, 6) is 0. The van der Waals surface area contributed by atoms with Crippen LogP contribution in [0.2, 0.25) is 0 Å². The van der Waals surface area contributed by atoms with E-state index in [1.807, 2.05) is 0 Å². The third kappa shape index (κ3) is 4.65. The average Bonchev–Trinajstić information content (AvgIpc) is 3.29. The Balaban J connectivity index is 1.69. The summed E-state index contributed by atoms with van der Waals surface area (Å²) < 4.78 is 29.1. The summed E-state index contributed by atoms with van der Waals surface area (Å²) in [5, 5.41) is 9.13. The van der Waals surface area contributed by atoms with Gasteiger partial charge in [-0.3, -0.25) is 14.7 Å². The quantitative estimate of drug-likeness (QED) is 0.507. The molecule has 0 saturated carbocycles. The second-order valence-electron chi connectivity index (χ2n) is 9.09. The summed E-state index contributed by atoms with van der Waals surface area (Å²) >= 11 is 0. The molecule has 0 bridgehead atoms. The molecule has 1 unspecified atom stereocenters. The molecule has 0 N–H and O–H groups in total. The first-order valence-electron chi connectivity index (χ1n) is 12.0. The van der Waals surface area contributed by atoms with Crippen LogP contribution in [-0.4, -0.2) is 49.2 Å². The van der Waals surface area contributed by atoms with Gasteiger partial charge in [0.15, 0.2) is 5.65 Å². The maximum Gasteiger partial charge on any atom is 0.280 e. The number of fused-ring (bicyclic) bond motifs is 1. The SMILES string of the molecule is CC[C@H]1CN(C(C)c2ccc(C(F)F)nc2)[C@H](CC)CN1c1cc(=O)n(C)n2cc(CC#N)nc12. The number of nitriles is 1. The molecule has 3 atom stereocenters. The number of aryl methyl sites for hydroxylation is 1. The lowest BCUT2D eigenvalue weighted by atomic mass is 9.97. The first-order chi connectivity index (χ1) is 16.8. The van der Waals surface area contributed by atoms with Gasteiger partial charge < -0.3 is 4.90 Å². The number of rotatable bonds is 7. The first kappa shape index (κ1) is 24.8. The van der Waals surface area contributed by atoms with Gasteiger partial charge in [0.1, 0.15) is 5.69 Å². The number of pyridine rings is 1. The van der Waals surface area contributed by atoms with Gasteiger partial charge in [-0.2, -0.15) is 5.26 Å². The van der Waals surface area contributed by atoms with Crippen molar-refractivity contribution in [2.75, 3.05) is 18.0 Å². The van der Waals surface area contributed by atoms with Crippen molar-refractivity contribution in [2.24, 2.45) is 7.05 Å². The highest BCUT2D eigenvalue weighted by Crippen LogP contribution is 2.33. The molecule has 1 saturated heterocycles. The summed E-state index contributed by atoms with van der Waals surface area (Å²) in [6.45, 7) is 7.79. The molecule has 1 aliphatic heterocycles. The summed E-state index contributed by atoms with van der Waals surface area (Å²) in [5.41, 5.74) is 2.62. The Kier molecular flexibility index (Phi) is 7.17. The predicted molar refractivity (Wildman–Crippen MR) is 130 cm³/mol. The molecule has 3 aromatic heterocycles. The first-order valence-corrected chi connectivity index (χ1v) is 12.0. The molecule has 0 radical (unpaired) electrons. The third-order valence-electron chi connectivity index (χ3n) is 7.13. The van der Waals surface area contributed by atoms with Crippen LogP contribution >= 0.6 is 0 Å². The number of halogens is 2. The summed E-state index contributed by atoms with van der Waals surface area (Å²) in [4.78, 5) is 26.1. The van der Waals surface area contributed by atoms with E-state index < -0.39 is 6.43 Å². The van der Waals surface area contributed by atoms with E-state index in [-0.39, 0.29) is 35.8 Å². The Morgan fingerprint density at radius 3 is 2.54 bits per heavy atom. The molecular formula is C25H31F2N7O. The number of anilines is 1. The maximum absolute atomic E-state index is 13.0. The molecule has 1 aliphatic rings. The number of imidazole rings is 1. The smallest absolute Gasteiger partial charge is 0.280 e. The Morgan fingerprint density at radius 1 is 1.20 bits per heavy atom. The molecule has 186 valence electrons. The fourth-order valence-electron chi connectivity index (χ4n) is 5.02. The van der Waals surface area contributed by atoms with Crippen LogP contribution in [0.1, 0.15) is 63.0 Å². The molecule has 35 heavy (non-hydrogen) atoms. The van der Waals surface area contributed by atoms with Crippen LogP contribution in [0, 0.1) is 11.3 Å². The van der Waals surface area contributed by atoms with Gasteiger partial charge in [0.2, 0.25) is 0 Å². The Bertz CT molecular complexity index is 1280. The standard InChI is InChI=1S/C25H31F2N7O/c1-5-19-15-33(22-11-23(35)31(4)34-13-18(9-10-28)30-25(22)34)20(6-2)14-32(19)16(3)17-7-8-21(24(26)27)29-12-17/h7-8,11-13,16,19-20,24H,5-6,9,14-15H2,1-4H3/t16?,19-,20+/m1/s1. The Morgan fingerprint density at radius 2 is 1.94 bits per heavy atom. The molecular weight excluding hydrogens is 452 g/mol. The lowest BCUT2D eigenvalue weighted by Crippen LogP contribution is -2.59. The van der Waals surface area contributed by atoms with Crippen molar-refractivity contribution in [2.45, 2.75) is 64.6 Å². The van der Waals surface area contributed by atoms with Crippen molar-refractivity contribution in [3.63, 3.8) is 0 Å². The fraction of sp³-hybridized carbons (Fsp3) is 0.520. The molecule has 4 rings (SSSR count). The van der Waals surface area contributed by atoms with Gasteiger partial charge in [-0.05, 0) is 31.4 Å². The Labute approximate surface area is 203 Å². The highest BCUT2D eigenvalue weighted by Gasteiger charge is 2.36. The third-order valence-corrected chi connectivity index (χ3v) is 7.13. The van der Waals surface area contributed by atoms with Gasteiger partial charge in [-0.1, -0.05) is 19.9 Å². The minimum atomic E-state index is -2.58. The van der Waals surface area contributed by atoms with Crippen molar-refractivity contribution in [3.05, 3.63) is 57.9 Å².